The van der Waals surface area contributed by atoms with Crippen molar-refractivity contribution in [1.82, 2.24) is 0 Å². The number of ether oxygens (including phenoxy) is 1. The van der Waals surface area contributed by atoms with Gasteiger partial charge in [-0.1, -0.05) is 73.9 Å². The molecule has 1 saturated carbocycles. The summed E-state index contributed by atoms with van der Waals surface area (Å²) >= 11 is 0. The standard InChI is InChI=1S/C24H26N2O2/c27-23(20-10-5-2-6-11-20)26-21-13-7-12-19(22(21)24-25-16-17-28-24)15-14-18-8-3-1-4-9-18/h1,3-4,7-9,12-15,20H,2,5-6,10-11,16-17H2,(H,26,27)/b15-14+. The van der Waals surface area contributed by atoms with Crippen LogP contribution in [0.4, 0.5) is 5.69 Å². The lowest BCUT2D eigenvalue weighted by molar-refractivity contribution is -0.120. The molecule has 1 heterocycles. The van der Waals surface area contributed by atoms with Crippen molar-refractivity contribution in [3.63, 3.8) is 0 Å². The Balaban J connectivity index is 1.64. The summed E-state index contributed by atoms with van der Waals surface area (Å²) < 4.78 is 5.76. The molecule has 4 nitrogen and oxygen atoms in total. The molecule has 1 N–H and O–H groups in total. The Kier molecular flexibility index (Phi) is 5.86. The summed E-state index contributed by atoms with van der Waals surface area (Å²) in [6.07, 6.45) is 9.60. The SMILES string of the molecule is O=C(Nc1cccc(/C=C/c2ccccc2)c1C1=NCCO1)C1CCCCC1. The van der Waals surface area contributed by atoms with Crippen LogP contribution < -0.4 is 5.32 Å². The molecule has 0 aromatic heterocycles. The van der Waals surface area contributed by atoms with Crippen LogP contribution >= 0.6 is 0 Å². The second-order valence-corrected chi connectivity index (χ2v) is 7.37. The van der Waals surface area contributed by atoms with E-state index in [2.05, 4.69) is 34.6 Å². The number of hydrogen-bond donors (Lipinski definition) is 1. The van der Waals surface area contributed by atoms with Crippen molar-refractivity contribution in [2.24, 2.45) is 10.9 Å². The number of benzene rings is 2. The van der Waals surface area contributed by atoms with Crippen molar-refractivity contribution in [3.8, 4) is 0 Å². The largest absolute Gasteiger partial charge is 0.475 e. The number of anilines is 1. The molecular weight excluding hydrogens is 348 g/mol. The third kappa shape index (κ3) is 4.33. The van der Waals surface area contributed by atoms with Gasteiger partial charge in [-0.05, 0) is 30.0 Å². The van der Waals surface area contributed by atoms with E-state index in [1.165, 1.54) is 6.42 Å². The average molecular weight is 374 g/mol. The molecular formula is C24H26N2O2. The molecule has 4 heteroatoms. The van der Waals surface area contributed by atoms with Gasteiger partial charge in [0.2, 0.25) is 11.8 Å². The monoisotopic (exact) mass is 374 g/mol. The zero-order valence-electron chi connectivity index (χ0n) is 16.1. The molecule has 4 rings (SSSR count). The molecule has 1 aliphatic carbocycles. The number of amides is 1. The van der Waals surface area contributed by atoms with Crippen LogP contribution in [0.2, 0.25) is 0 Å². The van der Waals surface area contributed by atoms with E-state index in [4.69, 9.17) is 4.74 Å². The van der Waals surface area contributed by atoms with Crippen LogP contribution in [0.15, 0.2) is 53.5 Å². The molecule has 1 amide bonds. The second kappa shape index (κ2) is 8.87. The Morgan fingerprint density at radius 3 is 2.57 bits per heavy atom. The summed E-state index contributed by atoms with van der Waals surface area (Å²) in [6.45, 7) is 1.24. The van der Waals surface area contributed by atoms with Gasteiger partial charge in [0.25, 0.3) is 0 Å². The molecule has 0 saturated heterocycles. The van der Waals surface area contributed by atoms with Crippen molar-refractivity contribution >= 4 is 29.6 Å². The second-order valence-electron chi connectivity index (χ2n) is 7.37. The smallest absolute Gasteiger partial charge is 0.227 e. The Labute approximate surface area is 166 Å². The highest BCUT2D eigenvalue weighted by Gasteiger charge is 2.24. The number of carbonyl (C=O) groups is 1. The Morgan fingerprint density at radius 1 is 1.00 bits per heavy atom. The highest BCUT2D eigenvalue weighted by Crippen LogP contribution is 2.28. The molecule has 28 heavy (non-hydrogen) atoms. The summed E-state index contributed by atoms with van der Waals surface area (Å²) in [5.41, 5.74) is 3.77. The van der Waals surface area contributed by atoms with Gasteiger partial charge in [0, 0.05) is 5.92 Å². The topological polar surface area (TPSA) is 50.7 Å². The Hall–Kier alpha value is -2.88. The van der Waals surface area contributed by atoms with E-state index in [-0.39, 0.29) is 11.8 Å². The quantitative estimate of drug-likeness (QED) is 0.736. The van der Waals surface area contributed by atoms with Gasteiger partial charge >= 0.3 is 0 Å². The molecule has 2 aromatic rings. The fourth-order valence-electron chi connectivity index (χ4n) is 3.89. The van der Waals surface area contributed by atoms with E-state index in [0.717, 1.165) is 48.1 Å². The molecule has 144 valence electrons. The van der Waals surface area contributed by atoms with Crippen molar-refractivity contribution in [1.29, 1.82) is 0 Å². The van der Waals surface area contributed by atoms with Crippen LogP contribution in [0.25, 0.3) is 12.2 Å². The third-order valence-corrected chi connectivity index (χ3v) is 5.38. The van der Waals surface area contributed by atoms with E-state index in [1.807, 2.05) is 36.4 Å². The Morgan fingerprint density at radius 2 is 1.82 bits per heavy atom. The molecule has 1 aliphatic heterocycles. The Bertz CT molecular complexity index is 881. The summed E-state index contributed by atoms with van der Waals surface area (Å²) in [5, 5.41) is 3.16. The van der Waals surface area contributed by atoms with Gasteiger partial charge in [-0.2, -0.15) is 0 Å². The van der Waals surface area contributed by atoms with Crippen molar-refractivity contribution < 1.29 is 9.53 Å². The van der Waals surface area contributed by atoms with Gasteiger partial charge in [-0.25, -0.2) is 4.99 Å². The molecule has 2 aliphatic rings. The lowest BCUT2D eigenvalue weighted by atomic mass is 9.88. The van der Waals surface area contributed by atoms with Crippen LogP contribution in [0.1, 0.15) is 48.8 Å². The molecule has 0 unspecified atom stereocenters. The maximum absolute atomic E-state index is 12.8. The number of hydrogen-bond acceptors (Lipinski definition) is 3. The number of carbonyl (C=O) groups excluding carboxylic acids is 1. The lowest BCUT2D eigenvalue weighted by Crippen LogP contribution is -2.26. The first-order chi connectivity index (χ1) is 13.8. The first-order valence-corrected chi connectivity index (χ1v) is 10.2. The number of nitrogens with zero attached hydrogens (tertiary/aromatic N) is 1. The number of nitrogens with one attached hydrogen (secondary N) is 1. The molecule has 2 aromatic carbocycles. The normalized spacial score (nSPS) is 17.4. The van der Waals surface area contributed by atoms with Gasteiger partial charge < -0.3 is 10.1 Å². The first-order valence-electron chi connectivity index (χ1n) is 10.2. The van der Waals surface area contributed by atoms with Gasteiger partial charge in [0.15, 0.2) is 0 Å². The maximum Gasteiger partial charge on any atom is 0.227 e. The first kappa shape index (κ1) is 18.5. The minimum atomic E-state index is 0.108. The van der Waals surface area contributed by atoms with Crippen LogP contribution in [0, 0.1) is 5.92 Å². The highest BCUT2D eigenvalue weighted by atomic mass is 16.5. The molecule has 1 fully saturated rings. The van der Waals surface area contributed by atoms with Crippen molar-refractivity contribution in [3.05, 3.63) is 65.2 Å². The van der Waals surface area contributed by atoms with Crippen molar-refractivity contribution in [2.45, 2.75) is 32.1 Å². The summed E-state index contributed by atoms with van der Waals surface area (Å²) in [6, 6.07) is 16.1. The molecule has 0 spiro atoms. The fourth-order valence-corrected chi connectivity index (χ4v) is 3.89. The van der Waals surface area contributed by atoms with Gasteiger partial charge in [-0.15, -0.1) is 0 Å². The van der Waals surface area contributed by atoms with Gasteiger partial charge in [-0.3, -0.25) is 4.79 Å². The van der Waals surface area contributed by atoms with E-state index >= 15 is 0 Å². The zero-order valence-corrected chi connectivity index (χ0v) is 16.1. The van der Waals surface area contributed by atoms with E-state index in [9.17, 15) is 4.79 Å². The fraction of sp³-hybridized carbons (Fsp3) is 0.333. The van der Waals surface area contributed by atoms with Gasteiger partial charge in [0.05, 0.1) is 17.8 Å². The minimum absolute atomic E-state index is 0.108. The third-order valence-electron chi connectivity index (χ3n) is 5.38. The summed E-state index contributed by atoms with van der Waals surface area (Å²) in [4.78, 5) is 17.3. The van der Waals surface area contributed by atoms with E-state index < -0.39 is 0 Å². The molecule has 0 radical (unpaired) electrons. The van der Waals surface area contributed by atoms with Crippen LogP contribution in [0.3, 0.4) is 0 Å². The van der Waals surface area contributed by atoms with E-state index in [0.29, 0.717) is 19.0 Å². The average Bonchev–Trinajstić information content (AvgIpc) is 3.28. The van der Waals surface area contributed by atoms with Crippen LogP contribution in [0.5, 0.6) is 0 Å². The summed E-state index contributed by atoms with van der Waals surface area (Å²) in [7, 11) is 0. The minimum Gasteiger partial charge on any atom is -0.475 e. The maximum atomic E-state index is 12.8. The van der Waals surface area contributed by atoms with Crippen LogP contribution in [-0.4, -0.2) is 25.0 Å². The number of rotatable bonds is 5. The van der Waals surface area contributed by atoms with Crippen LogP contribution in [-0.2, 0) is 9.53 Å². The van der Waals surface area contributed by atoms with Gasteiger partial charge in [0.1, 0.15) is 6.61 Å². The zero-order chi connectivity index (χ0) is 19.2. The summed E-state index contributed by atoms with van der Waals surface area (Å²) in [5.74, 6) is 0.840. The lowest BCUT2D eigenvalue weighted by Gasteiger charge is -2.22. The van der Waals surface area contributed by atoms with Crippen molar-refractivity contribution in [2.75, 3.05) is 18.5 Å². The van der Waals surface area contributed by atoms with E-state index in [1.54, 1.807) is 0 Å². The predicted molar refractivity (Wildman–Crippen MR) is 114 cm³/mol. The highest BCUT2D eigenvalue weighted by molar-refractivity contribution is 6.07. The number of aliphatic imine (C=N–C) groups is 1. The predicted octanol–water partition coefficient (Wildman–Crippen LogP) is 5.15. The molecule has 0 bridgehead atoms. The molecule has 0 atom stereocenters.